The van der Waals surface area contributed by atoms with Crippen LogP contribution < -0.4 is 11.1 Å². The Balaban J connectivity index is 2.51. The third-order valence-corrected chi connectivity index (χ3v) is 5.71. The van der Waals surface area contributed by atoms with E-state index in [-0.39, 0.29) is 30.0 Å². The number of ether oxygens (including phenoxy) is 1. The van der Waals surface area contributed by atoms with Crippen LogP contribution in [0, 0.1) is 11.3 Å². The van der Waals surface area contributed by atoms with Crippen molar-refractivity contribution in [1.82, 2.24) is 5.32 Å². The summed E-state index contributed by atoms with van der Waals surface area (Å²) in [5.74, 6) is 0.443. The van der Waals surface area contributed by atoms with Crippen LogP contribution in [-0.4, -0.2) is 31.7 Å². The molecule has 1 aliphatic rings. The Morgan fingerprint density at radius 3 is 2.38 bits per heavy atom. The summed E-state index contributed by atoms with van der Waals surface area (Å²) >= 11 is 0. The Bertz CT molecular complexity index is 358. The largest absolute Gasteiger partial charge is 0.379 e. The molecule has 0 aromatic heterocycles. The predicted molar refractivity (Wildman–Crippen MR) is 101 cm³/mol. The maximum absolute atomic E-state index is 11.9. The average Bonchev–Trinajstić information content (AvgIpc) is 2.55. The van der Waals surface area contributed by atoms with Crippen LogP contribution in [0.5, 0.6) is 0 Å². The summed E-state index contributed by atoms with van der Waals surface area (Å²) in [6.07, 6.45) is 12.9. The zero-order chi connectivity index (χ0) is 18.0. The number of methoxy groups -OCH3 is 1. The van der Waals surface area contributed by atoms with Crippen molar-refractivity contribution in [1.29, 1.82) is 0 Å². The lowest BCUT2D eigenvalue weighted by Gasteiger charge is -2.47. The molecular formula is C20H40N2O2. The summed E-state index contributed by atoms with van der Waals surface area (Å²) in [7, 11) is 1.77. The molecule has 0 aromatic rings. The highest BCUT2D eigenvalue weighted by molar-refractivity contribution is 5.78. The van der Waals surface area contributed by atoms with Gasteiger partial charge in [0, 0.05) is 7.11 Å². The van der Waals surface area contributed by atoms with Gasteiger partial charge < -0.3 is 15.8 Å². The lowest BCUT2D eigenvalue weighted by molar-refractivity contribution is -0.126. The number of nitrogens with one attached hydrogen (secondary N) is 1. The second-order valence-electron chi connectivity index (χ2n) is 8.15. The van der Waals surface area contributed by atoms with Gasteiger partial charge in [-0.3, -0.25) is 4.79 Å². The van der Waals surface area contributed by atoms with E-state index in [4.69, 9.17) is 10.5 Å². The van der Waals surface area contributed by atoms with Gasteiger partial charge in [0.25, 0.3) is 0 Å². The Labute approximate surface area is 149 Å². The van der Waals surface area contributed by atoms with Crippen molar-refractivity contribution in [3.63, 3.8) is 0 Å². The summed E-state index contributed by atoms with van der Waals surface area (Å²) in [6, 6.07) is 0.0925. The Kier molecular flexibility index (Phi) is 9.91. The number of rotatable bonds is 11. The molecule has 3 atom stereocenters. The molecule has 0 heterocycles. The molecule has 1 fully saturated rings. The van der Waals surface area contributed by atoms with Gasteiger partial charge in [0.05, 0.1) is 18.7 Å². The quantitative estimate of drug-likeness (QED) is 0.558. The Morgan fingerprint density at radius 2 is 1.79 bits per heavy atom. The lowest BCUT2D eigenvalue weighted by atomic mass is 9.66. The third-order valence-electron chi connectivity index (χ3n) is 5.71. The molecule has 3 N–H and O–H groups in total. The molecule has 0 saturated heterocycles. The lowest BCUT2D eigenvalue weighted by Crippen LogP contribution is -2.58. The molecule has 0 aromatic carbocycles. The van der Waals surface area contributed by atoms with Crippen molar-refractivity contribution in [3.05, 3.63) is 0 Å². The fraction of sp³-hybridized carbons (Fsp3) is 0.950. The Hall–Kier alpha value is -0.610. The molecule has 24 heavy (non-hydrogen) atoms. The first-order valence-corrected chi connectivity index (χ1v) is 9.98. The van der Waals surface area contributed by atoms with Crippen LogP contribution in [0.25, 0.3) is 0 Å². The van der Waals surface area contributed by atoms with E-state index in [0.717, 1.165) is 12.8 Å². The van der Waals surface area contributed by atoms with E-state index < -0.39 is 0 Å². The van der Waals surface area contributed by atoms with Gasteiger partial charge in [-0.1, -0.05) is 65.7 Å². The smallest absolute Gasteiger partial charge is 0.234 e. The molecule has 0 unspecified atom stereocenters. The molecule has 142 valence electrons. The van der Waals surface area contributed by atoms with Crippen LogP contribution in [0.15, 0.2) is 0 Å². The average molecular weight is 341 g/mol. The fourth-order valence-corrected chi connectivity index (χ4v) is 4.20. The number of nitrogens with two attached hydrogens (primary N) is 1. The highest BCUT2D eigenvalue weighted by Crippen LogP contribution is 2.42. The second kappa shape index (κ2) is 11.1. The molecule has 0 aliphatic heterocycles. The molecule has 0 bridgehead atoms. The van der Waals surface area contributed by atoms with E-state index in [0.29, 0.717) is 5.92 Å². The number of carbonyl (C=O) groups is 1. The molecule has 4 heteroatoms. The number of hydrogen-bond acceptors (Lipinski definition) is 3. The summed E-state index contributed by atoms with van der Waals surface area (Å²) in [5, 5.41) is 3.16. The number of amides is 1. The van der Waals surface area contributed by atoms with Gasteiger partial charge >= 0.3 is 0 Å². The number of carbonyl (C=O) groups excluding carboxylic acids is 1. The number of hydrogen-bond donors (Lipinski definition) is 2. The third kappa shape index (κ3) is 6.72. The normalized spacial score (nSPS) is 26.3. The van der Waals surface area contributed by atoms with Crippen molar-refractivity contribution in [2.45, 2.75) is 97.1 Å². The van der Waals surface area contributed by atoms with E-state index in [1.54, 1.807) is 7.11 Å². The van der Waals surface area contributed by atoms with Gasteiger partial charge in [-0.25, -0.2) is 0 Å². The van der Waals surface area contributed by atoms with E-state index in [1.165, 1.54) is 51.4 Å². The minimum Gasteiger partial charge on any atom is -0.379 e. The van der Waals surface area contributed by atoms with E-state index in [9.17, 15) is 4.79 Å². The highest BCUT2D eigenvalue weighted by Gasteiger charge is 2.44. The van der Waals surface area contributed by atoms with Crippen LogP contribution in [0.2, 0.25) is 0 Å². The fourth-order valence-electron chi connectivity index (χ4n) is 4.20. The van der Waals surface area contributed by atoms with Gasteiger partial charge in [0.1, 0.15) is 0 Å². The zero-order valence-electron chi connectivity index (χ0n) is 16.4. The summed E-state index contributed by atoms with van der Waals surface area (Å²) in [4.78, 5) is 11.9. The van der Waals surface area contributed by atoms with Crippen LogP contribution in [-0.2, 0) is 9.53 Å². The minimum absolute atomic E-state index is 0.0531. The SMILES string of the molecule is CCCCCCCCC[C@H]1CCC(C)(C)[C@H](OC)[C@H]1NC(=O)CN. The molecule has 1 saturated carbocycles. The summed E-state index contributed by atoms with van der Waals surface area (Å²) < 4.78 is 5.81. The minimum atomic E-state index is -0.0654. The van der Waals surface area contributed by atoms with Gasteiger partial charge in [0.2, 0.25) is 5.91 Å². The van der Waals surface area contributed by atoms with E-state index in [2.05, 4.69) is 26.1 Å². The zero-order valence-corrected chi connectivity index (χ0v) is 16.4. The second-order valence-corrected chi connectivity index (χ2v) is 8.15. The monoisotopic (exact) mass is 340 g/mol. The molecule has 1 rings (SSSR count). The van der Waals surface area contributed by atoms with Crippen molar-refractivity contribution in [2.75, 3.05) is 13.7 Å². The standard InChI is InChI=1S/C20H40N2O2/c1-5-6-7-8-9-10-11-12-16-13-14-20(2,3)19(24-4)18(16)22-17(23)15-21/h16,18-19H,5-15,21H2,1-4H3,(H,22,23)/t16-,18-,19+/m0/s1. The first kappa shape index (κ1) is 21.4. The van der Waals surface area contributed by atoms with Gasteiger partial charge in [0.15, 0.2) is 0 Å². The van der Waals surface area contributed by atoms with E-state index in [1.807, 2.05) is 0 Å². The van der Waals surface area contributed by atoms with Gasteiger partial charge in [-0.15, -0.1) is 0 Å². The van der Waals surface area contributed by atoms with Crippen molar-refractivity contribution >= 4 is 5.91 Å². The van der Waals surface area contributed by atoms with Gasteiger partial charge in [-0.2, -0.15) is 0 Å². The van der Waals surface area contributed by atoms with Crippen LogP contribution in [0.1, 0.15) is 85.0 Å². The molecule has 4 nitrogen and oxygen atoms in total. The number of unbranched alkanes of at least 4 members (excludes halogenated alkanes) is 6. The topological polar surface area (TPSA) is 64.3 Å². The van der Waals surface area contributed by atoms with Crippen LogP contribution in [0.3, 0.4) is 0 Å². The first-order valence-electron chi connectivity index (χ1n) is 9.98. The first-order chi connectivity index (χ1) is 11.5. The molecular weight excluding hydrogens is 300 g/mol. The highest BCUT2D eigenvalue weighted by atomic mass is 16.5. The van der Waals surface area contributed by atoms with Gasteiger partial charge in [-0.05, 0) is 30.6 Å². The summed E-state index contributed by atoms with van der Waals surface area (Å²) in [6.45, 7) is 6.80. The predicted octanol–water partition coefficient (Wildman–Crippen LogP) is 4.02. The molecule has 0 radical (unpaired) electrons. The van der Waals surface area contributed by atoms with Crippen molar-refractivity contribution < 1.29 is 9.53 Å². The molecule has 1 amide bonds. The summed E-state index contributed by atoms with van der Waals surface area (Å²) in [5.41, 5.74) is 5.61. The van der Waals surface area contributed by atoms with E-state index >= 15 is 0 Å². The van der Waals surface area contributed by atoms with Crippen LogP contribution in [0.4, 0.5) is 0 Å². The molecule has 0 spiro atoms. The van der Waals surface area contributed by atoms with Crippen LogP contribution >= 0.6 is 0 Å². The van der Waals surface area contributed by atoms with Crippen molar-refractivity contribution in [3.8, 4) is 0 Å². The van der Waals surface area contributed by atoms with Crippen molar-refractivity contribution in [2.24, 2.45) is 17.1 Å². The maximum atomic E-state index is 11.9. The Morgan fingerprint density at radius 1 is 1.17 bits per heavy atom. The maximum Gasteiger partial charge on any atom is 0.234 e. The molecule has 1 aliphatic carbocycles.